The molecule has 3 aromatic carbocycles. The molecule has 3 nitrogen and oxygen atoms in total. The normalized spacial score (nSPS) is 10.6. The molecule has 0 atom stereocenters. The summed E-state index contributed by atoms with van der Waals surface area (Å²) in [7, 11) is 0. The van der Waals surface area contributed by atoms with Crippen molar-refractivity contribution in [3.8, 4) is 0 Å². The number of para-hydroxylation sites is 1. The predicted molar refractivity (Wildman–Crippen MR) is 112 cm³/mol. The van der Waals surface area contributed by atoms with Gasteiger partial charge in [0.1, 0.15) is 0 Å². The van der Waals surface area contributed by atoms with Crippen LogP contribution in [0.2, 0.25) is 10.0 Å². The number of hydrogen-bond acceptors (Lipinski definition) is 2. The maximum absolute atomic E-state index is 11.4. The molecule has 0 bridgehead atoms. The van der Waals surface area contributed by atoms with E-state index in [0.717, 1.165) is 29.7 Å². The minimum Gasteiger partial charge on any atom is -0.478 e. The summed E-state index contributed by atoms with van der Waals surface area (Å²) in [6.07, 6.45) is 1.74. The number of nitrogens with one attached hydrogen (secondary N) is 1. The first-order chi connectivity index (χ1) is 12.9. The van der Waals surface area contributed by atoms with Crippen molar-refractivity contribution in [3.63, 3.8) is 0 Å². The second kappa shape index (κ2) is 8.47. The average molecular weight is 400 g/mol. The lowest BCUT2D eigenvalue weighted by Crippen LogP contribution is -2.04. The van der Waals surface area contributed by atoms with Gasteiger partial charge in [0.25, 0.3) is 0 Å². The number of aromatic carboxylic acids is 1. The van der Waals surface area contributed by atoms with Crippen molar-refractivity contribution < 1.29 is 9.90 Å². The highest BCUT2D eigenvalue weighted by Crippen LogP contribution is 2.26. The lowest BCUT2D eigenvalue weighted by Gasteiger charge is -2.13. The Hall–Kier alpha value is -2.49. The van der Waals surface area contributed by atoms with Gasteiger partial charge in [-0.05, 0) is 66.8 Å². The van der Waals surface area contributed by atoms with Crippen molar-refractivity contribution in [2.24, 2.45) is 0 Å². The molecule has 0 aliphatic heterocycles. The molecular formula is C22H19Cl2NO2. The molecule has 0 heterocycles. The molecule has 3 rings (SSSR count). The largest absolute Gasteiger partial charge is 0.478 e. The van der Waals surface area contributed by atoms with Gasteiger partial charge in [0, 0.05) is 5.69 Å². The van der Waals surface area contributed by atoms with E-state index in [-0.39, 0.29) is 5.56 Å². The van der Waals surface area contributed by atoms with Crippen molar-refractivity contribution in [3.05, 3.63) is 93.0 Å². The molecule has 0 fully saturated rings. The third-order valence-electron chi connectivity index (χ3n) is 4.41. The van der Waals surface area contributed by atoms with Gasteiger partial charge in [-0.1, -0.05) is 53.5 Å². The van der Waals surface area contributed by atoms with Crippen LogP contribution in [0.5, 0.6) is 0 Å². The van der Waals surface area contributed by atoms with E-state index in [1.807, 2.05) is 55.5 Å². The van der Waals surface area contributed by atoms with Crippen LogP contribution in [0.1, 0.15) is 27.0 Å². The molecule has 0 aliphatic rings. The molecule has 138 valence electrons. The highest BCUT2D eigenvalue weighted by Gasteiger charge is 2.12. The van der Waals surface area contributed by atoms with Crippen LogP contribution >= 0.6 is 23.2 Å². The molecule has 5 heteroatoms. The molecule has 0 aliphatic carbocycles. The van der Waals surface area contributed by atoms with Crippen LogP contribution in [0, 0.1) is 6.92 Å². The van der Waals surface area contributed by atoms with Crippen LogP contribution in [0.4, 0.5) is 11.4 Å². The number of aryl methyl sites for hydroxylation is 3. The number of rotatable bonds is 6. The van der Waals surface area contributed by atoms with Crippen LogP contribution < -0.4 is 5.32 Å². The number of carboxylic acids is 1. The van der Waals surface area contributed by atoms with Gasteiger partial charge in [-0.15, -0.1) is 0 Å². The zero-order valence-corrected chi connectivity index (χ0v) is 16.3. The number of hydrogen-bond donors (Lipinski definition) is 2. The van der Waals surface area contributed by atoms with E-state index in [1.54, 1.807) is 12.1 Å². The number of halogens is 2. The fourth-order valence-corrected chi connectivity index (χ4v) is 3.22. The predicted octanol–water partition coefficient (Wildman–Crippen LogP) is 6.53. The summed E-state index contributed by atoms with van der Waals surface area (Å²) in [6, 6.07) is 18.9. The van der Waals surface area contributed by atoms with Gasteiger partial charge in [0.2, 0.25) is 0 Å². The zero-order chi connectivity index (χ0) is 19.4. The quantitative estimate of drug-likeness (QED) is 0.495. The smallest absolute Gasteiger partial charge is 0.337 e. The van der Waals surface area contributed by atoms with E-state index in [1.165, 1.54) is 5.56 Å². The SMILES string of the molecule is Cc1cccc(C(=O)O)c1Nc1ccc(CCc2ccc(Cl)c(Cl)c2)cc1. The lowest BCUT2D eigenvalue weighted by atomic mass is 10.0. The van der Waals surface area contributed by atoms with Gasteiger partial charge in [-0.3, -0.25) is 0 Å². The third kappa shape index (κ3) is 4.82. The Bertz CT molecular complexity index is 969. The Balaban J connectivity index is 1.69. The molecule has 0 spiro atoms. The first-order valence-electron chi connectivity index (χ1n) is 8.57. The van der Waals surface area contributed by atoms with E-state index in [2.05, 4.69) is 5.32 Å². The van der Waals surface area contributed by atoms with Gasteiger partial charge < -0.3 is 10.4 Å². The summed E-state index contributed by atoms with van der Waals surface area (Å²) in [5.41, 5.74) is 4.95. The van der Waals surface area contributed by atoms with Crippen LogP contribution in [-0.4, -0.2) is 11.1 Å². The van der Waals surface area contributed by atoms with Crippen molar-refractivity contribution in [2.75, 3.05) is 5.32 Å². The maximum Gasteiger partial charge on any atom is 0.337 e. The zero-order valence-electron chi connectivity index (χ0n) is 14.8. The first-order valence-corrected chi connectivity index (χ1v) is 9.32. The van der Waals surface area contributed by atoms with Gasteiger partial charge in [-0.25, -0.2) is 4.79 Å². The van der Waals surface area contributed by atoms with Crippen LogP contribution in [0.15, 0.2) is 60.7 Å². The Morgan fingerprint density at radius 1 is 0.926 bits per heavy atom. The Kier molecular flexibility index (Phi) is 6.04. The van der Waals surface area contributed by atoms with Crippen molar-refractivity contribution >= 4 is 40.5 Å². The Labute approximate surface area is 168 Å². The maximum atomic E-state index is 11.4. The Morgan fingerprint density at radius 3 is 2.26 bits per heavy atom. The summed E-state index contributed by atoms with van der Waals surface area (Å²) in [5.74, 6) is -0.945. The third-order valence-corrected chi connectivity index (χ3v) is 5.15. The molecule has 3 aromatic rings. The minimum atomic E-state index is -0.945. The summed E-state index contributed by atoms with van der Waals surface area (Å²) < 4.78 is 0. The molecule has 0 amide bonds. The fraction of sp³-hybridized carbons (Fsp3) is 0.136. The summed E-state index contributed by atoms with van der Waals surface area (Å²) in [6.45, 7) is 1.89. The second-order valence-electron chi connectivity index (χ2n) is 6.37. The summed E-state index contributed by atoms with van der Waals surface area (Å²) in [5, 5.41) is 13.7. The standard InChI is InChI=1S/C22H19Cl2NO2/c1-14-3-2-4-18(22(26)27)21(14)25-17-10-7-15(8-11-17)5-6-16-9-12-19(23)20(24)13-16/h2-4,7-13,25H,5-6H2,1H3,(H,26,27). The first kappa shape index (κ1) is 19.3. The van der Waals surface area contributed by atoms with Gasteiger partial charge in [-0.2, -0.15) is 0 Å². The molecular weight excluding hydrogens is 381 g/mol. The number of benzene rings is 3. The summed E-state index contributed by atoms with van der Waals surface area (Å²) >= 11 is 12.0. The molecule has 0 radical (unpaired) electrons. The van der Waals surface area contributed by atoms with Crippen LogP contribution in [-0.2, 0) is 12.8 Å². The molecule has 0 saturated carbocycles. The number of anilines is 2. The lowest BCUT2D eigenvalue weighted by molar-refractivity contribution is 0.0698. The molecule has 27 heavy (non-hydrogen) atoms. The van der Waals surface area contributed by atoms with Crippen LogP contribution in [0.25, 0.3) is 0 Å². The average Bonchev–Trinajstić information content (AvgIpc) is 2.65. The molecule has 2 N–H and O–H groups in total. The second-order valence-corrected chi connectivity index (χ2v) is 7.19. The van der Waals surface area contributed by atoms with Crippen LogP contribution in [0.3, 0.4) is 0 Å². The number of carbonyl (C=O) groups is 1. The van der Waals surface area contributed by atoms with E-state index in [0.29, 0.717) is 15.7 Å². The highest BCUT2D eigenvalue weighted by atomic mass is 35.5. The van der Waals surface area contributed by atoms with Crippen molar-refractivity contribution in [2.45, 2.75) is 19.8 Å². The van der Waals surface area contributed by atoms with Gasteiger partial charge in [0.15, 0.2) is 0 Å². The van der Waals surface area contributed by atoms with E-state index in [4.69, 9.17) is 23.2 Å². The van der Waals surface area contributed by atoms with Gasteiger partial charge in [0.05, 0.1) is 21.3 Å². The van der Waals surface area contributed by atoms with E-state index >= 15 is 0 Å². The van der Waals surface area contributed by atoms with E-state index in [9.17, 15) is 9.90 Å². The van der Waals surface area contributed by atoms with Gasteiger partial charge >= 0.3 is 5.97 Å². The monoisotopic (exact) mass is 399 g/mol. The minimum absolute atomic E-state index is 0.263. The topological polar surface area (TPSA) is 49.3 Å². The van der Waals surface area contributed by atoms with E-state index < -0.39 is 5.97 Å². The van der Waals surface area contributed by atoms with Crippen molar-refractivity contribution in [1.29, 1.82) is 0 Å². The number of carboxylic acid groups (broad SMARTS) is 1. The molecule has 0 saturated heterocycles. The Morgan fingerprint density at radius 2 is 1.59 bits per heavy atom. The fourth-order valence-electron chi connectivity index (χ4n) is 2.89. The molecule has 0 unspecified atom stereocenters. The van der Waals surface area contributed by atoms with Crippen molar-refractivity contribution in [1.82, 2.24) is 0 Å². The highest BCUT2D eigenvalue weighted by molar-refractivity contribution is 6.42. The summed E-state index contributed by atoms with van der Waals surface area (Å²) in [4.78, 5) is 11.4. The molecule has 0 aromatic heterocycles.